The number of rotatable bonds is 3. The molecule has 2 aliphatic heterocycles. The van der Waals surface area contributed by atoms with Gasteiger partial charge in [0.2, 0.25) is 5.96 Å². The Balaban J connectivity index is 1.40. The molecule has 7 nitrogen and oxygen atoms in total. The van der Waals surface area contributed by atoms with Gasteiger partial charge < -0.3 is 20.4 Å². The summed E-state index contributed by atoms with van der Waals surface area (Å²) in [6, 6.07) is 4.10. The van der Waals surface area contributed by atoms with Crippen LogP contribution >= 0.6 is 0 Å². The number of aryl methyl sites for hydroxylation is 2. The topological polar surface area (TPSA) is 75.2 Å². The van der Waals surface area contributed by atoms with Crippen LogP contribution in [0.1, 0.15) is 24.0 Å². The smallest absolute Gasteiger partial charge is 0.214 e. The molecule has 0 atom stereocenters. The Bertz CT molecular complexity index is 626. The van der Waals surface area contributed by atoms with E-state index in [2.05, 4.69) is 26.7 Å². The first-order chi connectivity index (χ1) is 11.8. The van der Waals surface area contributed by atoms with E-state index in [9.17, 15) is 5.21 Å². The number of nitrogens with one attached hydrogen (secondary N) is 2. The van der Waals surface area contributed by atoms with E-state index in [0.717, 1.165) is 63.0 Å². The molecule has 0 amide bonds. The number of benzene rings is 1. The first-order valence-corrected chi connectivity index (χ1v) is 8.81. The predicted molar refractivity (Wildman–Crippen MR) is 95.2 cm³/mol. The summed E-state index contributed by atoms with van der Waals surface area (Å²) in [7, 11) is 0. The van der Waals surface area contributed by atoms with Crippen molar-refractivity contribution >= 4 is 17.3 Å². The minimum absolute atomic E-state index is 0.529. The Morgan fingerprint density at radius 2 is 2.00 bits per heavy atom. The molecule has 130 valence electrons. The number of ether oxygens (including phenoxy) is 1. The van der Waals surface area contributed by atoms with Crippen molar-refractivity contribution in [3.8, 4) is 0 Å². The van der Waals surface area contributed by atoms with Crippen molar-refractivity contribution in [2.75, 3.05) is 49.9 Å². The molecule has 2 N–H and O–H groups in total. The molecule has 1 fully saturated rings. The van der Waals surface area contributed by atoms with Gasteiger partial charge in [-0.3, -0.25) is 15.3 Å². The van der Waals surface area contributed by atoms with E-state index >= 15 is 0 Å². The van der Waals surface area contributed by atoms with Gasteiger partial charge in [-0.15, -0.1) is 0 Å². The molecule has 0 spiro atoms. The Morgan fingerprint density at radius 3 is 2.92 bits per heavy atom. The summed E-state index contributed by atoms with van der Waals surface area (Å²) in [5.74, 6) is 0.529. The summed E-state index contributed by atoms with van der Waals surface area (Å²) in [6.45, 7) is 5.18. The molecule has 0 unspecified atom stereocenters. The molecular weight excluding hydrogens is 306 g/mol. The lowest BCUT2D eigenvalue weighted by molar-refractivity contribution is 0.142. The van der Waals surface area contributed by atoms with Crippen LogP contribution in [0.25, 0.3) is 0 Å². The maximum Gasteiger partial charge on any atom is 0.214 e. The lowest BCUT2D eigenvalue weighted by Gasteiger charge is -2.38. The lowest BCUT2D eigenvalue weighted by atomic mass is 10.1. The zero-order chi connectivity index (χ0) is 16.4. The van der Waals surface area contributed by atoms with Crippen LogP contribution in [-0.4, -0.2) is 50.3 Å². The van der Waals surface area contributed by atoms with Gasteiger partial charge in [0.15, 0.2) is 0 Å². The summed E-state index contributed by atoms with van der Waals surface area (Å²) in [5, 5.41) is 16.3. The van der Waals surface area contributed by atoms with Crippen molar-refractivity contribution in [2.45, 2.75) is 25.7 Å². The number of fused-ring (bicyclic) bond motifs is 2. The lowest BCUT2D eigenvalue weighted by Crippen LogP contribution is -2.46. The van der Waals surface area contributed by atoms with Crippen molar-refractivity contribution in [2.24, 2.45) is 4.99 Å². The Hall–Kier alpha value is -1.83. The van der Waals surface area contributed by atoms with Crippen LogP contribution in [0, 0.1) is 5.21 Å². The van der Waals surface area contributed by atoms with Gasteiger partial charge in [0.25, 0.3) is 0 Å². The van der Waals surface area contributed by atoms with Crippen LogP contribution in [0.15, 0.2) is 17.1 Å². The normalized spacial score (nSPS) is 22.5. The fourth-order valence-electron chi connectivity index (χ4n) is 3.59. The third-order valence-electron chi connectivity index (χ3n) is 4.89. The van der Waals surface area contributed by atoms with E-state index in [-0.39, 0.29) is 0 Å². The van der Waals surface area contributed by atoms with Crippen LogP contribution in [0.5, 0.6) is 0 Å². The second-order valence-electron chi connectivity index (χ2n) is 6.56. The molecule has 24 heavy (non-hydrogen) atoms. The van der Waals surface area contributed by atoms with Gasteiger partial charge in [-0.2, -0.15) is 0 Å². The minimum Gasteiger partial charge on any atom is -0.739 e. The highest BCUT2D eigenvalue weighted by Crippen LogP contribution is 2.34. The number of anilines is 2. The highest BCUT2D eigenvalue weighted by Gasteiger charge is 2.20. The molecule has 1 aromatic carbocycles. The van der Waals surface area contributed by atoms with Crippen molar-refractivity contribution in [1.82, 2.24) is 10.3 Å². The number of aliphatic imine (C=N–C) groups is 1. The molecule has 4 rings (SSSR count). The van der Waals surface area contributed by atoms with Crippen molar-refractivity contribution in [1.29, 1.82) is 0 Å². The summed E-state index contributed by atoms with van der Waals surface area (Å²) in [5.41, 5.74) is 6.93. The highest BCUT2D eigenvalue weighted by atomic mass is 16.5. The molecule has 0 bridgehead atoms. The summed E-state index contributed by atoms with van der Waals surface area (Å²) in [4.78, 5) is 6.88. The molecule has 1 saturated heterocycles. The van der Waals surface area contributed by atoms with Gasteiger partial charge >= 0.3 is 0 Å². The fourth-order valence-corrected chi connectivity index (χ4v) is 3.59. The Morgan fingerprint density at radius 1 is 1.12 bits per heavy atom. The van der Waals surface area contributed by atoms with Crippen LogP contribution < -0.4 is 15.9 Å². The zero-order valence-electron chi connectivity index (χ0n) is 13.9. The monoisotopic (exact) mass is 330 g/mol. The van der Waals surface area contributed by atoms with Gasteiger partial charge in [-0.1, -0.05) is 0 Å². The van der Waals surface area contributed by atoms with Crippen LogP contribution in [0.4, 0.5) is 11.4 Å². The van der Waals surface area contributed by atoms with E-state index in [0.29, 0.717) is 18.2 Å². The SMILES string of the molecule is [O-]N1NC(=NCCN2CCCOCC2)Nc2cc3c(cc21)CCC3. The van der Waals surface area contributed by atoms with E-state index in [4.69, 9.17) is 4.74 Å². The molecule has 0 radical (unpaired) electrons. The number of hydrazine groups is 1. The molecule has 7 heteroatoms. The van der Waals surface area contributed by atoms with Crippen LogP contribution in [0.3, 0.4) is 0 Å². The summed E-state index contributed by atoms with van der Waals surface area (Å²) >= 11 is 0. The van der Waals surface area contributed by atoms with Crippen LogP contribution in [0.2, 0.25) is 0 Å². The quantitative estimate of drug-likeness (QED) is 0.874. The molecule has 2 heterocycles. The standard InChI is InChI=1S/C17H24N5O2/c23-22-16-12-14-4-1-3-13(14)11-15(16)19-17(20-22)18-5-7-21-6-2-9-24-10-8-21/h11-12H,1-10H2,(H2,18,19,20)/q-1. The molecule has 1 aliphatic carbocycles. The number of guanidine groups is 1. The van der Waals surface area contributed by atoms with Crippen LogP contribution in [-0.2, 0) is 17.6 Å². The molecule has 1 aromatic rings. The largest absolute Gasteiger partial charge is 0.739 e. The third-order valence-corrected chi connectivity index (χ3v) is 4.89. The zero-order valence-corrected chi connectivity index (χ0v) is 13.9. The average molecular weight is 330 g/mol. The molecule has 3 aliphatic rings. The number of hydrogen-bond acceptors (Lipinski definition) is 5. The summed E-state index contributed by atoms with van der Waals surface area (Å²) < 4.78 is 5.46. The fraction of sp³-hybridized carbons (Fsp3) is 0.588. The maximum absolute atomic E-state index is 12.3. The van der Waals surface area contributed by atoms with Gasteiger partial charge in [0.05, 0.1) is 24.5 Å². The van der Waals surface area contributed by atoms with Gasteiger partial charge in [0.1, 0.15) is 0 Å². The van der Waals surface area contributed by atoms with E-state index in [1.165, 1.54) is 17.5 Å². The Labute approximate surface area is 142 Å². The van der Waals surface area contributed by atoms with Gasteiger partial charge in [-0.05, 0) is 48.9 Å². The third kappa shape index (κ3) is 3.33. The van der Waals surface area contributed by atoms with Gasteiger partial charge in [-0.25, -0.2) is 0 Å². The van der Waals surface area contributed by atoms with Crippen molar-refractivity contribution < 1.29 is 4.74 Å². The number of nitrogens with zero attached hydrogens (tertiary/aromatic N) is 3. The van der Waals surface area contributed by atoms with Crippen molar-refractivity contribution in [3.05, 3.63) is 28.5 Å². The second kappa shape index (κ2) is 6.96. The van der Waals surface area contributed by atoms with Gasteiger partial charge in [0, 0.05) is 26.2 Å². The molecular formula is C17H24N5O2-. The predicted octanol–water partition coefficient (Wildman–Crippen LogP) is 1.49. The highest BCUT2D eigenvalue weighted by molar-refractivity contribution is 6.01. The maximum atomic E-state index is 12.3. The average Bonchev–Trinajstić information content (AvgIpc) is 2.87. The molecule has 0 aromatic heterocycles. The first kappa shape index (κ1) is 15.7. The van der Waals surface area contributed by atoms with E-state index < -0.39 is 0 Å². The minimum atomic E-state index is 0.529. The molecule has 0 saturated carbocycles. The second-order valence-corrected chi connectivity index (χ2v) is 6.56. The number of hydrogen-bond donors (Lipinski definition) is 2. The van der Waals surface area contributed by atoms with E-state index in [1.807, 2.05) is 6.07 Å². The first-order valence-electron chi connectivity index (χ1n) is 8.81. The van der Waals surface area contributed by atoms with Crippen molar-refractivity contribution in [3.63, 3.8) is 0 Å². The summed E-state index contributed by atoms with van der Waals surface area (Å²) in [6.07, 6.45) is 4.40. The Kier molecular flexibility index (Phi) is 4.55. The van der Waals surface area contributed by atoms with E-state index in [1.54, 1.807) is 0 Å².